The molecule has 0 saturated carbocycles. The van der Waals surface area contributed by atoms with Crippen LogP contribution in [0.3, 0.4) is 0 Å². The molecule has 4 heteroatoms. The topological polar surface area (TPSA) is 33.1 Å². The maximum atomic E-state index is 9.83. The Hall–Kier alpha value is -1.25. The van der Waals surface area contributed by atoms with E-state index in [4.69, 9.17) is 0 Å². The number of nitrogens with zero attached hydrogens (tertiary/aromatic N) is 1. The Bertz CT molecular complexity index is 693. The predicted molar refractivity (Wildman–Crippen MR) is 66.4 cm³/mol. The van der Waals surface area contributed by atoms with Gasteiger partial charge in [0.05, 0.1) is 0 Å². The van der Waals surface area contributed by atoms with Crippen molar-refractivity contribution in [3.8, 4) is 16.3 Å². The molecule has 17 heavy (non-hydrogen) atoms. The van der Waals surface area contributed by atoms with Crippen molar-refractivity contribution < 1.29 is 23.4 Å². The summed E-state index contributed by atoms with van der Waals surface area (Å²) in [5.41, 5.74) is 1.89. The van der Waals surface area contributed by atoms with Crippen LogP contribution in [-0.2, 0) is 18.3 Å². The van der Waals surface area contributed by atoms with Crippen LogP contribution in [0.2, 0.25) is 0 Å². The van der Waals surface area contributed by atoms with E-state index >= 15 is 0 Å². The van der Waals surface area contributed by atoms with Crippen LogP contribution >= 0.6 is 11.3 Å². The predicted octanol–water partition coefficient (Wildman–Crippen LogP) is 2.84. The molecule has 1 heterocycles. The van der Waals surface area contributed by atoms with Gasteiger partial charge in [-0.25, -0.2) is 0 Å². The summed E-state index contributed by atoms with van der Waals surface area (Å²) in [6, 6.07) is 13.6. The number of fused-ring (bicyclic) bond motifs is 1. The first-order valence-electron chi connectivity index (χ1n) is 5.25. The van der Waals surface area contributed by atoms with Crippen LogP contribution in [0.1, 0.15) is 0 Å². The van der Waals surface area contributed by atoms with E-state index in [2.05, 4.69) is 23.2 Å². The maximum absolute atomic E-state index is 9.83. The molecule has 3 rings (SSSR count). The molecule has 0 aliphatic carbocycles. The van der Waals surface area contributed by atoms with Gasteiger partial charge >= 0.3 is 113 Å². The van der Waals surface area contributed by atoms with Crippen LogP contribution in [-0.4, -0.2) is 10.1 Å². The van der Waals surface area contributed by atoms with Gasteiger partial charge in [-0.1, -0.05) is 0 Å². The first-order chi connectivity index (χ1) is 8.25. The van der Waals surface area contributed by atoms with Gasteiger partial charge < -0.3 is 0 Å². The van der Waals surface area contributed by atoms with E-state index in [9.17, 15) is 5.11 Å². The second-order valence-corrected chi connectivity index (χ2v) is 6.43. The Labute approximate surface area is 113 Å². The number of para-hydroxylation sites is 2. The molecule has 0 atom stereocenters. The number of hydrogen-bond acceptors (Lipinski definition) is 3. The van der Waals surface area contributed by atoms with E-state index in [0.29, 0.717) is 5.75 Å². The van der Waals surface area contributed by atoms with Gasteiger partial charge in [-0.2, -0.15) is 0 Å². The van der Waals surface area contributed by atoms with Crippen LogP contribution < -0.4 is 4.16 Å². The molecule has 0 radical (unpaired) electrons. The second-order valence-electron chi connectivity index (χ2n) is 3.80. The third-order valence-electron chi connectivity index (χ3n) is 2.64. The van der Waals surface area contributed by atoms with E-state index < -0.39 is 0 Å². The molecule has 0 saturated heterocycles. The first kappa shape index (κ1) is 10.9. The molecule has 1 N–H and O–H groups in total. The van der Waals surface area contributed by atoms with Crippen LogP contribution in [0.15, 0.2) is 42.5 Å². The average molecular weight is 292 g/mol. The molecule has 1 aromatic heterocycles. The fourth-order valence-electron chi connectivity index (χ4n) is 1.78. The van der Waals surface area contributed by atoms with Gasteiger partial charge in [-0.3, -0.25) is 0 Å². The van der Waals surface area contributed by atoms with Crippen molar-refractivity contribution in [2.24, 2.45) is 0 Å². The number of rotatable bonds is 1. The van der Waals surface area contributed by atoms with Crippen LogP contribution in [0, 0.1) is 0 Å². The zero-order chi connectivity index (χ0) is 11.8. The monoisotopic (exact) mass is 290 g/mol. The van der Waals surface area contributed by atoms with Gasteiger partial charge in [-0.05, 0) is 0 Å². The van der Waals surface area contributed by atoms with Gasteiger partial charge in [-0.15, -0.1) is 0 Å². The summed E-state index contributed by atoms with van der Waals surface area (Å²) in [5, 5.41) is 10.7. The molecule has 2 aromatic carbocycles. The van der Waals surface area contributed by atoms with Crippen molar-refractivity contribution in [3.63, 3.8) is 0 Å². The molecule has 0 fully saturated rings. The van der Waals surface area contributed by atoms with Crippen molar-refractivity contribution >= 4 is 25.7 Å². The molecular weight excluding hydrogens is 284 g/mol. The normalized spacial score (nSPS) is 10.9. The minimum atomic E-state index is 0.292. The van der Waals surface area contributed by atoms with Gasteiger partial charge in [0.2, 0.25) is 0 Å². The van der Waals surface area contributed by atoms with Crippen LogP contribution in [0.25, 0.3) is 20.8 Å². The van der Waals surface area contributed by atoms with Crippen molar-refractivity contribution in [1.82, 2.24) is 4.98 Å². The number of benzene rings is 2. The van der Waals surface area contributed by atoms with Gasteiger partial charge in [0.15, 0.2) is 0 Å². The fraction of sp³-hybridized carbons (Fsp3) is 0. The third-order valence-corrected chi connectivity index (χ3v) is 4.89. The van der Waals surface area contributed by atoms with E-state index in [1.54, 1.807) is 17.4 Å². The zero-order valence-electron chi connectivity index (χ0n) is 9.05. The molecule has 0 amide bonds. The van der Waals surface area contributed by atoms with Gasteiger partial charge in [0.25, 0.3) is 0 Å². The molecule has 0 aliphatic heterocycles. The van der Waals surface area contributed by atoms with Crippen LogP contribution in [0.4, 0.5) is 0 Å². The Morgan fingerprint density at radius 2 is 1.88 bits per heavy atom. The molecule has 0 aliphatic rings. The average Bonchev–Trinajstić information content (AvgIpc) is 2.75. The molecule has 0 unspecified atom stereocenters. The number of aromatic hydroxyl groups is 1. The number of hydrogen-bond donors (Lipinski definition) is 1. The SMILES string of the molecule is Oc1ccccc1-c1nc2[c]([Zn])cccc2s1. The Morgan fingerprint density at radius 3 is 2.65 bits per heavy atom. The summed E-state index contributed by atoms with van der Waals surface area (Å²) in [4.78, 5) is 4.63. The molecule has 0 spiro atoms. The number of aromatic nitrogens is 1. The number of phenolic OH excluding ortho intramolecular Hbond substituents is 1. The van der Waals surface area contributed by atoms with E-state index in [0.717, 1.165) is 34.4 Å². The summed E-state index contributed by atoms with van der Waals surface area (Å²) >= 11 is 2.73. The van der Waals surface area contributed by atoms with Crippen molar-refractivity contribution in [1.29, 1.82) is 0 Å². The summed E-state index contributed by atoms with van der Waals surface area (Å²) in [7, 11) is 0. The molecular formula is C13H8NOSZn. The standard InChI is InChI=1S/C13H8NOS.Zn/c15-11-7-3-1-5-9(11)13-14-10-6-2-4-8-12(10)16-13;/h1-5,7-8,15H;. The first-order valence-corrected chi connectivity index (χ1v) is 7.55. The Morgan fingerprint density at radius 1 is 1.06 bits per heavy atom. The van der Waals surface area contributed by atoms with Crippen molar-refractivity contribution in [3.05, 3.63) is 42.5 Å². The third kappa shape index (κ3) is 1.88. The van der Waals surface area contributed by atoms with E-state index in [1.165, 1.54) is 8.86 Å². The number of thiazole rings is 1. The van der Waals surface area contributed by atoms with Crippen molar-refractivity contribution in [2.75, 3.05) is 0 Å². The zero-order valence-corrected chi connectivity index (χ0v) is 12.8. The van der Waals surface area contributed by atoms with E-state index in [-0.39, 0.29) is 0 Å². The quantitative estimate of drug-likeness (QED) is 0.699. The summed E-state index contributed by atoms with van der Waals surface area (Å²) in [5.74, 6) is 0.292. The molecule has 2 nitrogen and oxygen atoms in total. The summed E-state index contributed by atoms with van der Waals surface area (Å²) in [6.45, 7) is 0. The fourth-order valence-corrected chi connectivity index (χ4v) is 3.94. The minimum absolute atomic E-state index is 0.292. The molecule has 0 bridgehead atoms. The summed E-state index contributed by atoms with van der Waals surface area (Å²) in [6.07, 6.45) is 0. The Balaban J connectivity index is 2.26. The van der Waals surface area contributed by atoms with Crippen molar-refractivity contribution in [2.45, 2.75) is 0 Å². The second kappa shape index (κ2) is 4.21. The Kier molecular flexibility index (Phi) is 2.69. The van der Waals surface area contributed by atoms with Gasteiger partial charge in [0.1, 0.15) is 0 Å². The summed E-state index contributed by atoms with van der Waals surface area (Å²) < 4.78 is 2.48. The molecule has 3 aromatic rings. The van der Waals surface area contributed by atoms with E-state index in [1.807, 2.05) is 18.2 Å². The van der Waals surface area contributed by atoms with Crippen LogP contribution in [0.5, 0.6) is 5.75 Å². The number of phenols is 1. The van der Waals surface area contributed by atoms with Gasteiger partial charge in [0, 0.05) is 0 Å². The molecule has 79 valence electrons.